The molecule has 1 aromatic carbocycles. The van der Waals surface area contributed by atoms with E-state index in [1.165, 1.54) is 0 Å². The second kappa shape index (κ2) is 5.26. The molecule has 2 fully saturated rings. The summed E-state index contributed by atoms with van der Waals surface area (Å²) < 4.78 is 33.3. The highest BCUT2D eigenvalue weighted by Crippen LogP contribution is 2.48. The van der Waals surface area contributed by atoms with Gasteiger partial charge in [-0.05, 0) is 30.4 Å². The van der Waals surface area contributed by atoms with Gasteiger partial charge in [0, 0.05) is 6.54 Å². The number of carbonyl (C=O) groups is 1. The molecular weight excluding hydrogens is 300 g/mol. The first kappa shape index (κ1) is 15.1. The van der Waals surface area contributed by atoms with Gasteiger partial charge >= 0.3 is 0 Å². The molecule has 0 aromatic heterocycles. The second-order valence-electron chi connectivity index (χ2n) is 7.08. The van der Waals surface area contributed by atoms with Gasteiger partial charge in [0.2, 0.25) is 5.91 Å². The van der Waals surface area contributed by atoms with Crippen molar-refractivity contribution in [3.05, 3.63) is 35.4 Å². The van der Waals surface area contributed by atoms with E-state index < -0.39 is 17.4 Å². The van der Waals surface area contributed by atoms with E-state index >= 15 is 0 Å². The zero-order valence-corrected chi connectivity index (χ0v) is 13.1. The van der Waals surface area contributed by atoms with Crippen LogP contribution in [0.2, 0.25) is 0 Å². The number of hydrogen-bond donors (Lipinski definition) is 0. The summed E-state index contributed by atoms with van der Waals surface area (Å²) in [5, 5.41) is 0. The molecule has 1 atom stereocenters. The van der Waals surface area contributed by atoms with Gasteiger partial charge in [0.25, 0.3) is 6.43 Å². The lowest BCUT2D eigenvalue weighted by Gasteiger charge is -2.32. The lowest BCUT2D eigenvalue weighted by molar-refractivity contribution is -0.152. The highest BCUT2D eigenvalue weighted by molar-refractivity contribution is 5.84. The van der Waals surface area contributed by atoms with Gasteiger partial charge in [0.05, 0.1) is 13.2 Å². The number of amides is 1. The maximum absolute atomic E-state index is 13.6. The smallest absolute Gasteiger partial charge is 0.252 e. The minimum atomic E-state index is -2.58. The summed E-state index contributed by atoms with van der Waals surface area (Å²) in [7, 11) is 0. The average Bonchev–Trinajstić information content (AvgIpc) is 3.28. The molecule has 23 heavy (non-hydrogen) atoms. The lowest BCUT2D eigenvalue weighted by atomic mass is 9.85. The number of rotatable bonds is 2. The minimum Gasteiger partial charge on any atom is -0.364 e. The van der Waals surface area contributed by atoms with Crippen LogP contribution in [0.15, 0.2) is 24.3 Å². The third-order valence-corrected chi connectivity index (χ3v) is 5.87. The summed E-state index contributed by atoms with van der Waals surface area (Å²) in [6.45, 7) is 1.44. The molecule has 1 aliphatic carbocycles. The van der Waals surface area contributed by atoms with E-state index in [1.54, 1.807) is 4.90 Å². The molecule has 5 heteroatoms. The minimum absolute atomic E-state index is 0.310. The van der Waals surface area contributed by atoms with Crippen LogP contribution in [0, 0.1) is 5.41 Å². The van der Waals surface area contributed by atoms with E-state index in [1.807, 2.05) is 24.3 Å². The van der Waals surface area contributed by atoms with Gasteiger partial charge in [0.15, 0.2) is 0 Å². The number of ether oxygens (including phenoxy) is 1. The molecule has 1 amide bonds. The highest BCUT2D eigenvalue weighted by Gasteiger charge is 2.54. The first-order chi connectivity index (χ1) is 11.1. The standard InChI is InChI=1S/C18H21F2NO2/c19-15(20)17(7-3-4-8-17)16(22)21-10-9-18(12-21)14-6-2-1-5-13(14)11-23-18/h1-2,5-6,15H,3-4,7-12H2. The number of nitrogens with zero attached hydrogens (tertiary/aromatic N) is 1. The predicted molar refractivity (Wildman–Crippen MR) is 81.0 cm³/mol. The van der Waals surface area contributed by atoms with E-state index in [2.05, 4.69) is 0 Å². The maximum Gasteiger partial charge on any atom is 0.252 e. The quantitative estimate of drug-likeness (QED) is 0.835. The summed E-state index contributed by atoms with van der Waals surface area (Å²) >= 11 is 0. The van der Waals surface area contributed by atoms with Crippen LogP contribution in [0.3, 0.4) is 0 Å². The molecular formula is C18H21F2NO2. The van der Waals surface area contributed by atoms with Crippen LogP contribution < -0.4 is 0 Å². The third-order valence-electron chi connectivity index (χ3n) is 5.87. The van der Waals surface area contributed by atoms with Crippen molar-refractivity contribution in [1.82, 2.24) is 4.90 Å². The lowest BCUT2D eigenvalue weighted by Crippen LogP contribution is -2.46. The number of carbonyl (C=O) groups excluding carboxylic acids is 1. The van der Waals surface area contributed by atoms with E-state index in [9.17, 15) is 13.6 Å². The van der Waals surface area contributed by atoms with Crippen LogP contribution in [-0.4, -0.2) is 30.3 Å². The fourth-order valence-corrected chi connectivity index (χ4v) is 4.52. The Labute approximate surface area is 134 Å². The molecule has 2 heterocycles. The van der Waals surface area contributed by atoms with Gasteiger partial charge in [0.1, 0.15) is 11.0 Å². The first-order valence-electron chi connectivity index (χ1n) is 8.37. The fraction of sp³-hybridized carbons (Fsp3) is 0.611. The predicted octanol–water partition coefficient (Wildman–Crippen LogP) is 3.47. The highest BCUT2D eigenvalue weighted by atomic mass is 19.3. The molecule has 0 N–H and O–H groups in total. The SMILES string of the molecule is O=C(N1CCC2(C1)OCc1ccccc12)C1(C(F)F)CCCC1. The van der Waals surface area contributed by atoms with E-state index in [-0.39, 0.29) is 5.91 Å². The van der Waals surface area contributed by atoms with Crippen molar-refractivity contribution in [2.24, 2.45) is 5.41 Å². The normalized spacial score (nSPS) is 28.7. The Morgan fingerprint density at radius 1 is 1.17 bits per heavy atom. The fourth-order valence-electron chi connectivity index (χ4n) is 4.52. The Morgan fingerprint density at radius 3 is 2.65 bits per heavy atom. The Balaban J connectivity index is 1.59. The number of fused-ring (bicyclic) bond motifs is 2. The van der Waals surface area contributed by atoms with Crippen LogP contribution in [0.4, 0.5) is 8.78 Å². The molecule has 3 nitrogen and oxygen atoms in total. The monoisotopic (exact) mass is 321 g/mol. The molecule has 1 unspecified atom stereocenters. The summed E-state index contributed by atoms with van der Waals surface area (Å²) in [5.41, 5.74) is 0.316. The van der Waals surface area contributed by atoms with Gasteiger partial charge in [-0.3, -0.25) is 4.79 Å². The second-order valence-corrected chi connectivity index (χ2v) is 7.08. The van der Waals surface area contributed by atoms with Crippen molar-refractivity contribution < 1.29 is 18.3 Å². The molecule has 1 aromatic rings. The summed E-state index contributed by atoms with van der Waals surface area (Å²) in [4.78, 5) is 14.5. The number of halogens is 2. The largest absolute Gasteiger partial charge is 0.364 e. The van der Waals surface area contributed by atoms with Gasteiger partial charge in [-0.2, -0.15) is 0 Å². The number of alkyl halides is 2. The molecule has 0 radical (unpaired) electrons. The zero-order chi connectivity index (χ0) is 16.1. The Kier molecular flexibility index (Phi) is 3.45. The van der Waals surface area contributed by atoms with Gasteiger partial charge < -0.3 is 9.64 Å². The first-order valence-corrected chi connectivity index (χ1v) is 8.37. The molecule has 1 saturated heterocycles. The van der Waals surface area contributed by atoms with E-state index in [0.29, 0.717) is 51.8 Å². The third kappa shape index (κ3) is 2.12. The summed E-state index contributed by atoms with van der Waals surface area (Å²) in [6.07, 6.45) is 0.165. The van der Waals surface area contributed by atoms with Crippen LogP contribution in [-0.2, 0) is 21.7 Å². The Bertz CT molecular complexity index is 627. The van der Waals surface area contributed by atoms with E-state index in [0.717, 1.165) is 11.1 Å². The number of likely N-dealkylation sites (tertiary alicyclic amines) is 1. The van der Waals surface area contributed by atoms with Crippen molar-refractivity contribution in [3.8, 4) is 0 Å². The van der Waals surface area contributed by atoms with Gasteiger partial charge in [-0.25, -0.2) is 8.78 Å². The van der Waals surface area contributed by atoms with Crippen LogP contribution in [0.5, 0.6) is 0 Å². The molecule has 0 bridgehead atoms. The summed E-state index contributed by atoms with van der Waals surface area (Å²) in [6, 6.07) is 8.02. The van der Waals surface area contributed by atoms with Crippen molar-refractivity contribution in [2.45, 2.75) is 50.7 Å². The topological polar surface area (TPSA) is 29.5 Å². The van der Waals surface area contributed by atoms with Gasteiger partial charge in [-0.15, -0.1) is 0 Å². The molecule has 3 aliphatic rings. The van der Waals surface area contributed by atoms with Crippen LogP contribution in [0.1, 0.15) is 43.2 Å². The Morgan fingerprint density at radius 2 is 1.91 bits per heavy atom. The molecule has 4 rings (SSSR count). The van der Waals surface area contributed by atoms with Crippen LogP contribution in [0.25, 0.3) is 0 Å². The van der Waals surface area contributed by atoms with Crippen molar-refractivity contribution in [1.29, 1.82) is 0 Å². The van der Waals surface area contributed by atoms with Crippen molar-refractivity contribution in [3.63, 3.8) is 0 Å². The Hall–Kier alpha value is -1.49. The average molecular weight is 321 g/mol. The number of hydrogen-bond acceptors (Lipinski definition) is 2. The molecule has 124 valence electrons. The maximum atomic E-state index is 13.6. The number of benzene rings is 1. The van der Waals surface area contributed by atoms with Gasteiger partial charge in [-0.1, -0.05) is 37.1 Å². The zero-order valence-electron chi connectivity index (χ0n) is 13.1. The summed E-state index contributed by atoms with van der Waals surface area (Å²) in [5.74, 6) is -0.366. The molecule has 1 spiro atoms. The van der Waals surface area contributed by atoms with E-state index in [4.69, 9.17) is 4.74 Å². The van der Waals surface area contributed by atoms with Crippen molar-refractivity contribution >= 4 is 5.91 Å². The molecule has 2 aliphatic heterocycles. The molecule has 1 saturated carbocycles. The van der Waals surface area contributed by atoms with Crippen LogP contribution >= 0.6 is 0 Å². The van der Waals surface area contributed by atoms with Crippen molar-refractivity contribution in [2.75, 3.05) is 13.1 Å².